The molecule has 0 aliphatic rings. The van der Waals surface area contributed by atoms with E-state index in [-0.39, 0.29) is 11.1 Å². The average Bonchev–Trinajstić information content (AvgIpc) is 2.05. The number of nitrogens with two attached hydrogens (primary N) is 1. The van der Waals surface area contributed by atoms with Crippen molar-refractivity contribution in [2.24, 2.45) is 5.73 Å². The lowest BCUT2D eigenvalue weighted by molar-refractivity contribution is -0.268. The second-order valence-corrected chi connectivity index (χ2v) is 2.19. The summed E-state index contributed by atoms with van der Waals surface area (Å²) in [6.45, 7) is 0. The third-order valence-corrected chi connectivity index (χ3v) is 1.38. The molecule has 1 aromatic rings. The van der Waals surface area contributed by atoms with Gasteiger partial charge in [-0.1, -0.05) is 11.8 Å². The van der Waals surface area contributed by atoms with Crippen LogP contribution in [0.15, 0.2) is 18.2 Å². The summed E-state index contributed by atoms with van der Waals surface area (Å²) < 4.78 is 0. The number of hydrogen-bond acceptors (Lipinski definition) is 3. The molecule has 0 aliphatic carbocycles. The quantitative estimate of drug-likeness (QED) is 0.614. The normalized spacial score (nSPS) is 8.92. The number of hydrogen-bond donors (Lipinski definition) is 1. The van der Waals surface area contributed by atoms with Gasteiger partial charge in [0, 0.05) is 11.1 Å². The summed E-state index contributed by atoms with van der Waals surface area (Å²) in [4.78, 5) is 10.6. The summed E-state index contributed by atoms with van der Waals surface area (Å²) in [7, 11) is 0. The molecule has 4 heteroatoms. The fraction of sp³-hybridized carbons (Fsp3) is 0. The third kappa shape index (κ3) is 1.35. The lowest BCUT2D eigenvalue weighted by atomic mass is 10.1. The smallest absolute Gasteiger partial charge is 0.248 e. The maximum Gasteiger partial charge on any atom is 0.248 e. The van der Waals surface area contributed by atoms with Crippen LogP contribution in [0.25, 0.3) is 0 Å². The van der Waals surface area contributed by atoms with Crippen molar-refractivity contribution in [1.82, 2.24) is 0 Å². The number of nitrogens with zero attached hydrogens (tertiary/aromatic N) is 1. The Hall–Kier alpha value is -2.02. The van der Waals surface area contributed by atoms with Gasteiger partial charge in [-0.25, -0.2) is 0 Å². The SMILES string of the molecule is N#Cc1cc(C(N)=O)ccc1[O-]. The summed E-state index contributed by atoms with van der Waals surface area (Å²) in [6, 6.07) is 5.30. The van der Waals surface area contributed by atoms with Gasteiger partial charge in [0.1, 0.15) is 0 Å². The zero-order valence-corrected chi connectivity index (χ0v) is 6.07. The highest BCUT2D eigenvalue weighted by atomic mass is 16.3. The molecule has 0 atom stereocenters. The van der Waals surface area contributed by atoms with E-state index in [1.807, 2.05) is 0 Å². The minimum Gasteiger partial charge on any atom is -0.872 e. The zero-order valence-electron chi connectivity index (χ0n) is 6.07. The lowest BCUT2D eigenvalue weighted by Crippen LogP contribution is -2.11. The topological polar surface area (TPSA) is 89.9 Å². The molecule has 0 unspecified atom stereocenters. The van der Waals surface area contributed by atoms with Crippen LogP contribution >= 0.6 is 0 Å². The van der Waals surface area contributed by atoms with Gasteiger partial charge in [0.15, 0.2) is 0 Å². The van der Waals surface area contributed by atoms with Gasteiger partial charge < -0.3 is 10.8 Å². The predicted octanol–water partition coefficient (Wildman–Crippen LogP) is -0.269. The minimum atomic E-state index is -0.647. The largest absolute Gasteiger partial charge is 0.872 e. The van der Waals surface area contributed by atoms with E-state index in [1.54, 1.807) is 6.07 Å². The summed E-state index contributed by atoms with van der Waals surface area (Å²) in [5, 5.41) is 19.3. The van der Waals surface area contributed by atoms with Gasteiger partial charge in [-0.15, -0.1) is 0 Å². The van der Waals surface area contributed by atoms with Crippen LogP contribution in [-0.4, -0.2) is 5.91 Å². The Morgan fingerprint density at radius 1 is 1.58 bits per heavy atom. The summed E-state index contributed by atoms with van der Waals surface area (Å²) in [5.74, 6) is -1.05. The van der Waals surface area contributed by atoms with Crippen LogP contribution in [0.4, 0.5) is 0 Å². The van der Waals surface area contributed by atoms with Gasteiger partial charge in [-0.3, -0.25) is 4.79 Å². The van der Waals surface area contributed by atoms with E-state index in [1.165, 1.54) is 12.1 Å². The number of rotatable bonds is 1. The number of amides is 1. The Kier molecular flexibility index (Phi) is 1.97. The van der Waals surface area contributed by atoms with Gasteiger partial charge in [-0.05, 0) is 12.1 Å². The Balaban J connectivity index is 3.25. The van der Waals surface area contributed by atoms with Crippen molar-refractivity contribution in [3.63, 3.8) is 0 Å². The Morgan fingerprint density at radius 2 is 2.25 bits per heavy atom. The maximum absolute atomic E-state index is 10.9. The first-order chi connectivity index (χ1) is 5.65. The van der Waals surface area contributed by atoms with Crippen molar-refractivity contribution in [1.29, 1.82) is 5.26 Å². The van der Waals surface area contributed by atoms with Crippen molar-refractivity contribution in [3.8, 4) is 11.8 Å². The monoisotopic (exact) mass is 161 g/mol. The summed E-state index contributed by atoms with van der Waals surface area (Å²) in [5.41, 5.74) is 5.05. The van der Waals surface area contributed by atoms with Gasteiger partial charge in [0.25, 0.3) is 0 Å². The summed E-state index contributed by atoms with van der Waals surface area (Å²) in [6.07, 6.45) is 0. The Labute approximate surface area is 68.8 Å². The van der Waals surface area contributed by atoms with E-state index in [0.717, 1.165) is 6.07 Å². The molecule has 0 saturated heterocycles. The fourth-order valence-electron chi connectivity index (χ4n) is 0.771. The van der Waals surface area contributed by atoms with Gasteiger partial charge in [0.2, 0.25) is 5.91 Å². The molecule has 0 bridgehead atoms. The van der Waals surface area contributed by atoms with Gasteiger partial charge >= 0.3 is 0 Å². The maximum atomic E-state index is 10.9. The number of carbonyl (C=O) groups excluding carboxylic acids is 1. The molecular formula is C8H5N2O2-. The van der Waals surface area contributed by atoms with Crippen molar-refractivity contribution in [2.75, 3.05) is 0 Å². The van der Waals surface area contributed by atoms with E-state index < -0.39 is 11.7 Å². The highest BCUT2D eigenvalue weighted by Crippen LogP contribution is 2.13. The van der Waals surface area contributed by atoms with Crippen LogP contribution in [-0.2, 0) is 0 Å². The second-order valence-electron chi connectivity index (χ2n) is 2.19. The van der Waals surface area contributed by atoms with Crippen LogP contribution in [0.1, 0.15) is 15.9 Å². The van der Waals surface area contributed by atoms with Crippen LogP contribution < -0.4 is 10.8 Å². The second kappa shape index (κ2) is 2.93. The van der Waals surface area contributed by atoms with Crippen LogP contribution in [0.5, 0.6) is 5.75 Å². The molecule has 4 nitrogen and oxygen atoms in total. The fourth-order valence-corrected chi connectivity index (χ4v) is 0.771. The average molecular weight is 161 g/mol. The van der Waals surface area contributed by atoms with Crippen LogP contribution in [0.3, 0.4) is 0 Å². The lowest BCUT2D eigenvalue weighted by Gasteiger charge is -2.07. The molecular weight excluding hydrogens is 156 g/mol. The summed E-state index contributed by atoms with van der Waals surface area (Å²) >= 11 is 0. The van der Waals surface area contributed by atoms with E-state index in [0.29, 0.717) is 0 Å². The number of primary amides is 1. The molecule has 12 heavy (non-hydrogen) atoms. The molecule has 2 N–H and O–H groups in total. The van der Waals surface area contributed by atoms with Crippen LogP contribution in [0.2, 0.25) is 0 Å². The molecule has 0 saturated carbocycles. The molecule has 0 spiro atoms. The van der Waals surface area contributed by atoms with Crippen molar-refractivity contribution in [3.05, 3.63) is 29.3 Å². The molecule has 0 aliphatic heterocycles. The molecule has 0 fully saturated rings. The van der Waals surface area contributed by atoms with Crippen molar-refractivity contribution >= 4 is 5.91 Å². The van der Waals surface area contributed by atoms with Gasteiger partial charge in [0.05, 0.1) is 6.07 Å². The van der Waals surface area contributed by atoms with E-state index in [2.05, 4.69) is 0 Å². The number of carbonyl (C=O) groups is 1. The molecule has 60 valence electrons. The molecule has 1 amide bonds. The Morgan fingerprint density at radius 3 is 2.75 bits per heavy atom. The first kappa shape index (κ1) is 8.08. The predicted molar refractivity (Wildman–Crippen MR) is 39.1 cm³/mol. The minimum absolute atomic E-state index is 0.0636. The number of nitriles is 1. The third-order valence-electron chi connectivity index (χ3n) is 1.38. The van der Waals surface area contributed by atoms with Crippen molar-refractivity contribution in [2.45, 2.75) is 0 Å². The molecule has 0 aromatic heterocycles. The standard InChI is InChI=1S/C8H6N2O2/c9-4-6-3-5(8(10)12)1-2-7(6)11/h1-3,11H,(H2,10,12)/p-1. The van der Waals surface area contributed by atoms with E-state index in [4.69, 9.17) is 11.0 Å². The molecule has 1 rings (SSSR count). The highest BCUT2D eigenvalue weighted by molar-refractivity contribution is 5.93. The van der Waals surface area contributed by atoms with Gasteiger partial charge in [-0.2, -0.15) is 5.26 Å². The van der Waals surface area contributed by atoms with E-state index >= 15 is 0 Å². The van der Waals surface area contributed by atoms with Crippen LogP contribution in [0, 0.1) is 11.3 Å². The molecule has 1 aromatic carbocycles. The number of benzene rings is 1. The highest BCUT2D eigenvalue weighted by Gasteiger charge is 2.00. The van der Waals surface area contributed by atoms with Crippen molar-refractivity contribution < 1.29 is 9.90 Å². The molecule has 0 heterocycles. The zero-order chi connectivity index (χ0) is 9.14. The first-order valence-corrected chi connectivity index (χ1v) is 3.16. The first-order valence-electron chi connectivity index (χ1n) is 3.16. The Bertz CT molecular complexity index is 366. The molecule has 0 radical (unpaired) electrons. The van der Waals surface area contributed by atoms with E-state index in [9.17, 15) is 9.90 Å².